The van der Waals surface area contributed by atoms with Gasteiger partial charge in [0.15, 0.2) is 0 Å². The average Bonchev–Trinajstić information content (AvgIpc) is 2.41. The van der Waals surface area contributed by atoms with E-state index in [4.69, 9.17) is 9.47 Å². The van der Waals surface area contributed by atoms with Crippen molar-refractivity contribution in [2.24, 2.45) is 5.92 Å². The molecule has 0 aliphatic rings. The second-order valence-corrected chi connectivity index (χ2v) is 5.26. The van der Waals surface area contributed by atoms with Crippen molar-refractivity contribution in [3.8, 4) is 5.75 Å². The Morgan fingerprint density at radius 3 is 2.58 bits per heavy atom. The third-order valence-corrected chi connectivity index (χ3v) is 2.93. The molecule has 0 aliphatic carbocycles. The van der Waals surface area contributed by atoms with E-state index in [2.05, 4.69) is 38.2 Å². The Balaban J connectivity index is 2.54. The van der Waals surface area contributed by atoms with Gasteiger partial charge in [0.2, 0.25) is 0 Å². The molecular formula is C16H27NO2. The molecule has 0 saturated heterocycles. The minimum Gasteiger partial charge on any atom is -0.493 e. The van der Waals surface area contributed by atoms with Gasteiger partial charge in [-0.15, -0.1) is 0 Å². The molecule has 0 aliphatic heterocycles. The van der Waals surface area contributed by atoms with E-state index >= 15 is 0 Å². The van der Waals surface area contributed by atoms with Gasteiger partial charge in [0.05, 0.1) is 6.61 Å². The lowest BCUT2D eigenvalue weighted by atomic mass is 10.1. The van der Waals surface area contributed by atoms with E-state index in [0.717, 1.165) is 31.9 Å². The lowest BCUT2D eigenvalue weighted by Gasteiger charge is -2.19. The van der Waals surface area contributed by atoms with Crippen LogP contribution in [0.5, 0.6) is 5.75 Å². The third kappa shape index (κ3) is 6.08. The second-order valence-electron chi connectivity index (χ2n) is 5.26. The lowest BCUT2D eigenvalue weighted by molar-refractivity contribution is 0.193. The lowest BCUT2D eigenvalue weighted by Crippen LogP contribution is -2.21. The highest BCUT2D eigenvalue weighted by molar-refractivity contribution is 5.35. The van der Waals surface area contributed by atoms with Gasteiger partial charge in [-0.3, -0.25) is 0 Å². The maximum absolute atomic E-state index is 5.88. The van der Waals surface area contributed by atoms with Gasteiger partial charge in [-0.1, -0.05) is 32.0 Å². The molecular weight excluding hydrogens is 238 g/mol. The summed E-state index contributed by atoms with van der Waals surface area (Å²) in [6, 6.07) is 8.55. The highest BCUT2D eigenvalue weighted by Gasteiger charge is 2.10. The first-order chi connectivity index (χ1) is 9.15. The summed E-state index contributed by atoms with van der Waals surface area (Å²) in [5.74, 6) is 1.53. The van der Waals surface area contributed by atoms with Crippen LogP contribution in [0.3, 0.4) is 0 Å². The van der Waals surface area contributed by atoms with Crippen LogP contribution < -0.4 is 10.1 Å². The van der Waals surface area contributed by atoms with Crippen molar-refractivity contribution in [2.45, 2.75) is 33.2 Å². The molecule has 3 heteroatoms. The minimum atomic E-state index is 0.292. The van der Waals surface area contributed by atoms with Crippen molar-refractivity contribution in [3.05, 3.63) is 29.8 Å². The molecule has 19 heavy (non-hydrogen) atoms. The van der Waals surface area contributed by atoms with Crippen LogP contribution >= 0.6 is 0 Å². The van der Waals surface area contributed by atoms with Crippen LogP contribution in [-0.2, 0) is 4.74 Å². The molecule has 1 aromatic rings. The van der Waals surface area contributed by atoms with E-state index in [-0.39, 0.29) is 0 Å². The van der Waals surface area contributed by atoms with E-state index in [9.17, 15) is 0 Å². The highest BCUT2D eigenvalue weighted by Crippen LogP contribution is 2.25. The Labute approximate surface area is 117 Å². The number of nitrogens with one attached hydrogen (secondary N) is 1. The Bertz CT molecular complexity index is 352. The summed E-state index contributed by atoms with van der Waals surface area (Å²) >= 11 is 0. The zero-order chi connectivity index (χ0) is 14.1. The SMILES string of the molecule is COCCCN[C@H](C)c1ccccc1OCC(C)C. The fourth-order valence-corrected chi connectivity index (χ4v) is 1.87. The van der Waals surface area contributed by atoms with Crippen LogP contribution in [0.15, 0.2) is 24.3 Å². The normalized spacial score (nSPS) is 12.7. The van der Waals surface area contributed by atoms with Gasteiger partial charge in [-0.05, 0) is 31.9 Å². The van der Waals surface area contributed by atoms with E-state index in [1.807, 2.05) is 12.1 Å². The number of rotatable bonds is 9. The smallest absolute Gasteiger partial charge is 0.124 e. The topological polar surface area (TPSA) is 30.5 Å². The van der Waals surface area contributed by atoms with Gasteiger partial charge < -0.3 is 14.8 Å². The van der Waals surface area contributed by atoms with E-state index in [1.54, 1.807) is 7.11 Å². The molecule has 0 saturated carbocycles. The Morgan fingerprint density at radius 2 is 1.89 bits per heavy atom. The summed E-state index contributed by atoms with van der Waals surface area (Å²) in [5, 5.41) is 3.50. The van der Waals surface area contributed by atoms with Crippen LogP contribution in [-0.4, -0.2) is 26.9 Å². The molecule has 1 atom stereocenters. The van der Waals surface area contributed by atoms with Gasteiger partial charge in [0.1, 0.15) is 5.75 Å². The maximum Gasteiger partial charge on any atom is 0.124 e. The summed E-state index contributed by atoms with van der Waals surface area (Å²) in [6.07, 6.45) is 1.02. The van der Waals surface area contributed by atoms with Crippen molar-refractivity contribution in [2.75, 3.05) is 26.9 Å². The van der Waals surface area contributed by atoms with Gasteiger partial charge in [0.25, 0.3) is 0 Å². The van der Waals surface area contributed by atoms with Crippen molar-refractivity contribution < 1.29 is 9.47 Å². The van der Waals surface area contributed by atoms with Crippen LogP contribution in [0.4, 0.5) is 0 Å². The molecule has 0 fully saturated rings. The number of ether oxygens (including phenoxy) is 2. The molecule has 1 rings (SSSR count). The molecule has 0 unspecified atom stereocenters. The van der Waals surface area contributed by atoms with Gasteiger partial charge in [-0.2, -0.15) is 0 Å². The van der Waals surface area contributed by atoms with Gasteiger partial charge in [0, 0.05) is 25.3 Å². The van der Waals surface area contributed by atoms with E-state index in [0.29, 0.717) is 12.0 Å². The largest absolute Gasteiger partial charge is 0.493 e. The molecule has 1 aromatic carbocycles. The van der Waals surface area contributed by atoms with E-state index < -0.39 is 0 Å². The van der Waals surface area contributed by atoms with Crippen LogP contribution in [0.2, 0.25) is 0 Å². The number of methoxy groups -OCH3 is 1. The minimum absolute atomic E-state index is 0.292. The molecule has 0 heterocycles. The Hall–Kier alpha value is -1.06. The van der Waals surface area contributed by atoms with Crippen molar-refractivity contribution in [1.29, 1.82) is 0 Å². The van der Waals surface area contributed by atoms with Crippen molar-refractivity contribution in [1.82, 2.24) is 5.32 Å². The molecule has 3 nitrogen and oxygen atoms in total. The van der Waals surface area contributed by atoms with Crippen molar-refractivity contribution in [3.63, 3.8) is 0 Å². The summed E-state index contributed by atoms with van der Waals surface area (Å²) in [6.45, 7) is 9.00. The average molecular weight is 265 g/mol. The number of benzene rings is 1. The number of para-hydroxylation sites is 1. The highest BCUT2D eigenvalue weighted by atomic mass is 16.5. The fourth-order valence-electron chi connectivity index (χ4n) is 1.87. The first kappa shape index (κ1) is 16.0. The van der Waals surface area contributed by atoms with Gasteiger partial charge in [-0.25, -0.2) is 0 Å². The quantitative estimate of drug-likeness (QED) is 0.694. The van der Waals surface area contributed by atoms with Crippen LogP contribution in [0, 0.1) is 5.92 Å². The molecule has 0 aromatic heterocycles. The zero-order valence-corrected chi connectivity index (χ0v) is 12.6. The summed E-state index contributed by atoms with van der Waals surface area (Å²) in [5.41, 5.74) is 1.22. The predicted octanol–water partition coefficient (Wildman–Crippen LogP) is 3.41. The van der Waals surface area contributed by atoms with E-state index in [1.165, 1.54) is 5.56 Å². The first-order valence-electron chi connectivity index (χ1n) is 7.09. The molecule has 0 spiro atoms. The molecule has 1 N–H and O–H groups in total. The fraction of sp³-hybridized carbons (Fsp3) is 0.625. The first-order valence-corrected chi connectivity index (χ1v) is 7.09. The van der Waals surface area contributed by atoms with Gasteiger partial charge >= 0.3 is 0 Å². The van der Waals surface area contributed by atoms with Crippen LogP contribution in [0.25, 0.3) is 0 Å². The predicted molar refractivity (Wildman–Crippen MR) is 79.7 cm³/mol. The standard InChI is InChI=1S/C16H27NO2/c1-13(2)12-19-16-9-6-5-8-15(16)14(3)17-10-7-11-18-4/h5-6,8-9,13-14,17H,7,10-12H2,1-4H3/t14-/m1/s1. The third-order valence-electron chi connectivity index (χ3n) is 2.93. The number of hydrogen-bond donors (Lipinski definition) is 1. The molecule has 108 valence electrons. The zero-order valence-electron chi connectivity index (χ0n) is 12.6. The molecule has 0 amide bonds. The monoisotopic (exact) mass is 265 g/mol. The summed E-state index contributed by atoms with van der Waals surface area (Å²) in [4.78, 5) is 0. The van der Waals surface area contributed by atoms with Crippen LogP contribution in [0.1, 0.15) is 38.8 Å². The second kappa shape index (κ2) is 8.94. The Morgan fingerprint density at radius 1 is 1.16 bits per heavy atom. The molecule has 0 radical (unpaired) electrons. The summed E-state index contributed by atoms with van der Waals surface area (Å²) < 4.78 is 10.9. The summed E-state index contributed by atoms with van der Waals surface area (Å²) in [7, 11) is 1.73. The molecule has 0 bridgehead atoms. The van der Waals surface area contributed by atoms with Crippen molar-refractivity contribution >= 4 is 0 Å². The maximum atomic E-state index is 5.88. The Kier molecular flexibility index (Phi) is 7.53. The number of hydrogen-bond acceptors (Lipinski definition) is 3.